The van der Waals surface area contributed by atoms with E-state index in [0.717, 1.165) is 25.8 Å². The topological polar surface area (TPSA) is 50.4 Å². The second kappa shape index (κ2) is 6.97. The average Bonchev–Trinajstić information content (AvgIpc) is 2.23. The lowest BCUT2D eigenvalue weighted by molar-refractivity contribution is -0.124. The molecule has 0 bridgehead atoms. The van der Waals surface area contributed by atoms with E-state index >= 15 is 0 Å². The van der Waals surface area contributed by atoms with E-state index in [1.165, 1.54) is 6.42 Å². The summed E-state index contributed by atoms with van der Waals surface area (Å²) >= 11 is 0. The maximum Gasteiger partial charge on any atom is 0.220 e. The van der Waals surface area contributed by atoms with E-state index in [1.54, 1.807) is 7.11 Å². The van der Waals surface area contributed by atoms with Gasteiger partial charge in [-0.05, 0) is 32.2 Å². The SMILES string of the molecule is COC1(CNC(=O)CCCNC(C)C)CCC1. The monoisotopic (exact) mass is 242 g/mol. The van der Waals surface area contributed by atoms with Crippen molar-refractivity contribution in [3.05, 3.63) is 0 Å². The van der Waals surface area contributed by atoms with E-state index in [1.807, 2.05) is 0 Å². The summed E-state index contributed by atoms with van der Waals surface area (Å²) in [6, 6.07) is 0.491. The maximum absolute atomic E-state index is 11.6. The summed E-state index contributed by atoms with van der Waals surface area (Å²) in [7, 11) is 1.73. The molecule has 4 nitrogen and oxygen atoms in total. The minimum absolute atomic E-state index is 0.0636. The maximum atomic E-state index is 11.6. The fraction of sp³-hybridized carbons (Fsp3) is 0.923. The van der Waals surface area contributed by atoms with Gasteiger partial charge in [0.2, 0.25) is 5.91 Å². The summed E-state index contributed by atoms with van der Waals surface area (Å²) in [6.45, 7) is 5.79. The van der Waals surface area contributed by atoms with Gasteiger partial charge in [-0.25, -0.2) is 0 Å². The van der Waals surface area contributed by atoms with Crippen molar-refractivity contribution in [3.8, 4) is 0 Å². The highest BCUT2D eigenvalue weighted by Crippen LogP contribution is 2.34. The third kappa shape index (κ3) is 5.04. The molecule has 0 aromatic carbocycles. The molecule has 2 N–H and O–H groups in total. The van der Waals surface area contributed by atoms with Gasteiger partial charge in [0.1, 0.15) is 0 Å². The van der Waals surface area contributed by atoms with Crippen molar-refractivity contribution < 1.29 is 9.53 Å². The minimum Gasteiger partial charge on any atom is -0.376 e. The van der Waals surface area contributed by atoms with Crippen LogP contribution < -0.4 is 10.6 Å². The molecular formula is C13H26N2O2. The zero-order chi connectivity index (χ0) is 12.7. The number of methoxy groups -OCH3 is 1. The molecule has 1 saturated carbocycles. The molecule has 0 aromatic heterocycles. The van der Waals surface area contributed by atoms with Crippen LogP contribution in [0.1, 0.15) is 46.0 Å². The molecule has 0 saturated heterocycles. The Bertz CT molecular complexity index is 232. The van der Waals surface area contributed by atoms with Crippen LogP contribution in [0.3, 0.4) is 0 Å². The Kier molecular flexibility index (Phi) is 5.92. The summed E-state index contributed by atoms with van der Waals surface area (Å²) < 4.78 is 5.45. The molecule has 4 heteroatoms. The van der Waals surface area contributed by atoms with Gasteiger partial charge in [-0.1, -0.05) is 13.8 Å². The summed E-state index contributed by atoms with van der Waals surface area (Å²) in [5.41, 5.74) is -0.0636. The molecule has 0 atom stereocenters. The van der Waals surface area contributed by atoms with Crippen LogP contribution in [0, 0.1) is 0 Å². The molecule has 1 amide bonds. The number of hydrogen-bond acceptors (Lipinski definition) is 3. The van der Waals surface area contributed by atoms with Crippen LogP contribution in [0.15, 0.2) is 0 Å². The van der Waals surface area contributed by atoms with Crippen LogP contribution in [0.25, 0.3) is 0 Å². The standard InChI is InChI=1S/C13H26N2O2/c1-11(2)14-9-4-6-12(16)15-10-13(17-3)7-5-8-13/h11,14H,4-10H2,1-3H3,(H,15,16). The summed E-state index contributed by atoms with van der Waals surface area (Å²) in [5, 5.41) is 6.27. The lowest BCUT2D eigenvalue weighted by atomic mass is 9.80. The van der Waals surface area contributed by atoms with Crippen molar-refractivity contribution >= 4 is 5.91 Å². The van der Waals surface area contributed by atoms with Gasteiger partial charge in [-0.2, -0.15) is 0 Å². The Morgan fingerprint density at radius 1 is 1.41 bits per heavy atom. The second-order valence-electron chi connectivity index (χ2n) is 5.23. The van der Waals surface area contributed by atoms with E-state index in [9.17, 15) is 4.79 Å². The highest BCUT2D eigenvalue weighted by Gasteiger charge is 2.36. The third-order valence-corrected chi connectivity index (χ3v) is 3.44. The van der Waals surface area contributed by atoms with E-state index in [-0.39, 0.29) is 11.5 Å². The van der Waals surface area contributed by atoms with E-state index in [0.29, 0.717) is 19.0 Å². The van der Waals surface area contributed by atoms with Crippen molar-refractivity contribution in [2.75, 3.05) is 20.2 Å². The fourth-order valence-electron chi connectivity index (χ4n) is 2.01. The first kappa shape index (κ1) is 14.5. The van der Waals surface area contributed by atoms with Gasteiger partial charge in [0.05, 0.1) is 5.60 Å². The zero-order valence-electron chi connectivity index (χ0n) is 11.3. The quantitative estimate of drug-likeness (QED) is 0.633. The summed E-state index contributed by atoms with van der Waals surface area (Å²) in [4.78, 5) is 11.6. The minimum atomic E-state index is -0.0636. The van der Waals surface area contributed by atoms with Gasteiger partial charge < -0.3 is 15.4 Å². The van der Waals surface area contributed by atoms with Crippen LogP contribution in [-0.4, -0.2) is 37.7 Å². The van der Waals surface area contributed by atoms with E-state index < -0.39 is 0 Å². The van der Waals surface area contributed by atoms with Gasteiger partial charge in [0.25, 0.3) is 0 Å². The van der Waals surface area contributed by atoms with Crippen LogP contribution in [0.5, 0.6) is 0 Å². The molecule has 17 heavy (non-hydrogen) atoms. The zero-order valence-corrected chi connectivity index (χ0v) is 11.3. The Morgan fingerprint density at radius 3 is 2.59 bits per heavy atom. The number of nitrogens with one attached hydrogen (secondary N) is 2. The number of carbonyl (C=O) groups is 1. The van der Waals surface area contributed by atoms with Crippen molar-refractivity contribution in [2.45, 2.75) is 57.6 Å². The predicted octanol–water partition coefficient (Wildman–Crippen LogP) is 1.45. The van der Waals surface area contributed by atoms with Crippen LogP contribution in [0.2, 0.25) is 0 Å². The molecular weight excluding hydrogens is 216 g/mol. The number of rotatable bonds is 8. The van der Waals surface area contributed by atoms with Gasteiger partial charge in [-0.15, -0.1) is 0 Å². The predicted molar refractivity (Wildman–Crippen MR) is 69.0 cm³/mol. The Labute approximate surface area is 104 Å². The summed E-state index contributed by atoms with van der Waals surface area (Å²) in [5.74, 6) is 0.138. The highest BCUT2D eigenvalue weighted by molar-refractivity contribution is 5.75. The van der Waals surface area contributed by atoms with Crippen LogP contribution in [-0.2, 0) is 9.53 Å². The number of ether oxygens (including phenoxy) is 1. The second-order valence-corrected chi connectivity index (χ2v) is 5.23. The Hall–Kier alpha value is -0.610. The molecule has 0 spiro atoms. The smallest absolute Gasteiger partial charge is 0.220 e. The fourth-order valence-corrected chi connectivity index (χ4v) is 2.01. The number of carbonyl (C=O) groups excluding carboxylic acids is 1. The normalized spacial score (nSPS) is 17.9. The number of hydrogen-bond donors (Lipinski definition) is 2. The van der Waals surface area contributed by atoms with Crippen molar-refractivity contribution in [2.24, 2.45) is 0 Å². The molecule has 1 aliphatic carbocycles. The Balaban J connectivity index is 2.05. The molecule has 100 valence electrons. The van der Waals surface area contributed by atoms with Crippen LogP contribution >= 0.6 is 0 Å². The number of amides is 1. The van der Waals surface area contributed by atoms with Crippen molar-refractivity contribution in [3.63, 3.8) is 0 Å². The first-order valence-electron chi connectivity index (χ1n) is 6.63. The lowest BCUT2D eigenvalue weighted by Gasteiger charge is -2.40. The first-order valence-corrected chi connectivity index (χ1v) is 6.63. The van der Waals surface area contributed by atoms with Gasteiger partial charge in [0, 0.05) is 26.1 Å². The largest absolute Gasteiger partial charge is 0.376 e. The molecule has 0 unspecified atom stereocenters. The molecule has 1 aliphatic rings. The Morgan fingerprint density at radius 2 is 2.12 bits per heavy atom. The van der Waals surface area contributed by atoms with E-state index in [2.05, 4.69) is 24.5 Å². The van der Waals surface area contributed by atoms with Crippen molar-refractivity contribution in [1.82, 2.24) is 10.6 Å². The molecule has 0 aromatic rings. The lowest BCUT2D eigenvalue weighted by Crippen LogP contribution is -2.49. The molecule has 1 rings (SSSR count). The van der Waals surface area contributed by atoms with Crippen molar-refractivity contribution in [1.29, 1.82) is 0 Å². The van der Waals surface area contributed by atoms with Gasteiger partial charge >= 0.3 is 0 Å². The third-order valence-electron chi connectivity index (χ3n) is 3.44. The molecule has 0 aliphatic heterocycles. The van der Waals surface area contributed by atoms with E-state index in [4.69, 9.17) is 4.74 Å². The van der Waals surface area contributed by atoms with Crippen LogP contribution in [0.4, 0.5) is 0 Å². The molecule has 0 heterocycles. The molecule has 1 fully saturated rings. The van der Waals surface area contributed by atoms with Gasteiger partial charge in [0.15, 0.2) is 0 Å². The molecule has 0 radical (unpaired) electrons. The average molecular weight is 242 g/mol. The first-order chi connectivity index (χ1) is 8.08. The van der Waals surface area contributed by atoms with Gasteiger partial charge in [-0.3, -0.25) is 4.79 Å². The highest BCUT2D eigenvalue weighted by atomic mass is 16.5. The summed E-state index contributed by atoms with van der Waals surface area (Å²) in [6.07, 6.45) is 4.84.